The van der Waals surface area contributed by atoms with Crippen LogP contribution in [0.2, 0.25) is 0 Å². The predicted molar refractivity (Wildman–Crippen MR) is 141 cm³/mol. The number of ether oxygens (including phenoxy) is 3. The fourth-order valence-electron chi connectivity index (χ4n) is 5.46. The standard InChI is InChI=1S/C28H27F2N3O5S/c1-2-36-13-14-38-27-21(34)9-10-32-26(27)28(35)31-11-12-37-15-23(31)33(32)25-17-7-8-20(29)24(30)19(17)16-39-22-6-4-3-5-18(22)25/h3-10,23,25H,2,11-16H2,1H3/t23-,25+/m1/s1. The van der Waals surface area contributed by atoms with Crippen LogP contribution in [-0.2, 0) is 15.2 Å². The molecule has 0 bridgehead atoms. The molecule has 1 amide bonds. The number of fused-ring (bicyclic) bond motifs is 4. The quantitative estimate of drug-likeness (QED) is 0.430. The van der Waals surface area contributed by atoms with Crippen LogP contribution >= 0.6 is 11.8 Å². The number of rotatable bonds is 6. The molecule has 0 unspecified atom stereocenters. The summed E-state index contributed by atoms with van der Waals surface area (Å²) in [5.74, 6) is -1.98. The van der Waals surface area contributed by atoms with Gasteiger partial charge in [0.1, 0.15) is 12.8 Å². The molecule has 0 aliphatic carbocycles. The Morgan fingerprint density at radius 1 is 1.08 bits per heavy atom. The van der Waals surface area contributed by atoms with Crippen LogP contribution in [0.4, 0.5) is 8.78 Å². The predicted octanol–water partition coefficient (Wildman–Crippen LogP) is 3.69. The summed E-state index contributed by atoms with van der Waals surface area (Å²) >= 11 is 1.43. The number of aromatic nitrogens is 1. The molecule has 0 spiro atoms. The summed E-state index contributed by atoms with van der Waals surface area (Å²) in [6, 6.07) is 11.2. The lowest BCUT2D eigenvalue weighted by molar-refractivity contribution is -0.0199. The second-order valence-electron chi connectivity index (χ2n) is 9.34. The average Bonchev–Trinajstić information content (AvgIpc) is 3.12. The third-order valence-corrected chi connectivity index (χ3v) is 8.33. The van der Waals surface area contributed by atoms with Crippen molar-refractivity contribution in [2.24, 2.45) is 0 Å². The van der Waals surface area contributed by atoms with E-state index in [9.17, 15) is 14.0 Å². The molecule has 2 atom stereocenters. The van der Waals surface area contributed by atoms with Crippen molar-refractivity contribution in [3.8, 4) is 5.75 Å². The number of hydrogen-bond acceptors (Lipinski definition) is 7. The molecular weight excluding hydrogens is 528 g/mol. The largest absolute Gasteiger partial charge is 0.485 e. The molecule has 11 heteroatoms. The van der Waals surface area contributed by atoms with Gasteiger partial charge in [-0.1, -0.05) is 24.3 Å². The van der Waals surface area contributed by atoms with Gasteiger partial charge in [0.05, 0.1) is 25.9 Å². The second kappa shape index (κ2) is 10.6. The first kappa shape index (κ1) is 25.8. The number of benzene rings is 2. The molecule has 0 radical (unpaired) electrons. The number of morpholine rings is 1. The van der Waals surface area contributed by atoms with Gasteiger partial charge in [-0.2, -0.15) is 0 Å². The van der Waals surface area contributed by atoms with Gasteiger partial charge in [0, 0.05) is 41.6 Å². The van der Waals surface area contributed by atoms with E-state index in [-0.39, 0.29) is 48.5 Å². The Bertz CT molecular complexity index is 1480. The Labute approximate surface area is 228 Å². The maximum atomic E-state index is 15.3. The molecule has 2 aromatic carbocycles. The summed E-state index contributed by atoms with van der Waals surface area (Å²) in [6.45, 7) is 3.53. The molecule has 3 aliphatic rings. The summed E-state index contributed by atoms with van der Waals surface area (Å²) < 4.78 is 48.3. The van der Waals surface area contributed by atoms with Crippen LogP contribution in [0, 0.1) is 11.6 Å². The third-order valence-electron chi connectivity index (χ3n) is 7.21. The normalized spacial score (nSPS) is 20.0. The Balaban J connectivity index is 1.59. The van der Waals surface area contributed by atoms with E-state index in [0.717, 1.165) is 16.5 Å². The van der Waals surface area contributed by atoms with Crippen molar-refractivity contribution in [1.82, 2.24) is 9.58 Å². The molecule has 3 aromatic rings. The molecule has 204 valence electrons. The molecule has 0 N–H and O–H groups in total. The van der Waals surface area contributed by atoms with E-state index in [2.05, 4.69) is 0 Å². The topological polar surface area (TPSA) is 73.2 Å². The van der Waals surface area contributed by atoms with Gasteiger partial charge in [-0.05, 0) is 30.2 Å². The number of nitrogens with zero attached hydrogens (tertiary/aromatic N) is 3. The zero-order valence-electron chi connectivity index (χ0n) is 21.3. The molecule has 3 aliphatic heterocycles. The number of hydrogen-bond donors (Lipinski definition) is 0. The summed E-state index contributed by atoms with van der Waals surface area (Å²) in [5.41, 5.74) is 1.36. The molecule has 8 nitrogen and oxygen atoms in total. The second-order valence-corrected chi connectivity index (χ2v) is 10.4. The Morgan fingerprint density at radius 3 is 2.77 bits per heavy atom. The number of carbonyl (C=O) groups excluding carboxylic acids is 1. The monoisotopic (exact) mass is 555 g/mol. The third kappa shape index (κ3) is 4.38. The summed E-state index contributed by atoms with van der Waals surface area (Å²) in [6.07, 6.45) is 0.969. The minimum absolute atomic E-state index is 0.0704. The summed E-state index contributed by atoms with van der Waals surface area (Å²) in [5, 5.41) is 1.92. The maximum absolute atomic E-state index is 15.3. The molecule has 1 aromatic heterocycles. The summed E-state index contributed by atoms with van der Waals surface area (Å²) in [4.78, 5) is 29.4. The van der Waals surface area contributed by atoms with E-state index in [1.165, 1.54) is 24.0 Å². The van der Waals surface area contributed by atoms with Crippen molar-refractivity contribution in [1.29, 1.82) is 0 Å². The van der Waals surface area contributed by atoms with E-state index in [0.29, 0.717) is 25.3 Å². The van der Waals surface area contributed by atoms with Gasteiger partial charge in [0.25, 0.3) is 5.91 Å². The Kier molecular flexibility index (Phi) is 7.05. The van der Waals surface area contributed by atoms with Gasteiger partial charge in [-0.15, -0.1) is 11.8 Å². The summed E-state index contributed by atoms with van der Waals surface area (Å²) in [7, 11) is 0. The van der Waals surface area contributed by atoms with Crippen LogP contribution in [0.5, 0.6) is 5.75 Å². The van der Waals surface area contributed by atoms with Crippen molar-refractivity contribution in [2.45, 2.75) is 29.8 Å². The molecule has 1 saturated heterocycles. The first-order valence-corrected chi connectivity index (χ1v) is 13.8. The van der Waals surface area contributed by atoms with Crippen molar-refractivity contribution in [3.63, 3.8) is 0 Å². The highest BCUT2D eigenvalue weighted by Crippen LogP contribution is 2.45. The van der Waals surface area contributed by atoms with Crippen LogP contribution in [0.25, 0.3) is 0 Å². The zero-order chi connectivity index (χ0) is 27.1. The molecular formula is C28H27F2N3O5S. The van der Waals surface area contributed by atoms with E-state index in [1.807, 2.05) is 36.2 Å². The van der Waals surface area contributed by atoms with Crippen LogP contribution in [0.3, 0.4) is 0 Å². The van der Waals surface area contributed by atoms with Gasteiger partial charge in [0.2, 0.25) is 5.43 Å². The van der Waals surface area contributed by atoms with E-state index in [4.69, 9.17) is 14.2 Å². The van der Waals surface area contributed by atoms with Crippen LogP contribution < -0.4 is 15.2 Å². The van der Waals surface area contributed by atoms with Gasteiger partial charge < -0.3 is 19.1 Å². The highest BCUT2D eigenvalue weighted by atomic mass is 32.2. The lowest BCUT2D eigenvalue weighted by Crippen LogP contribution is -2.66. The van der Waals surface area contributed by atoms with Gasteiger partial charge in [-0.25, -0.2) is 8.78 Å². The smallest absolute Gasteiger partial charge is 0.278 e. The first-order valence-electron chi connectivity index (χ1n) is 12.8. The maximum Gasteiger partial charge on any atom is 0.278 e. The van der Waals surface area contributed by atoms with Crippen molar-refractivity contribution >= 4 is 17.7 Å². The number of amides is 1. The molecule has 6 rings (SSSR count). The Morgan fingerprint density at radius 2 is 1.92 bits per heavy atom. The minimum Gasteiger partial charge on any atom is -0.485 e. The van der Waals surface area contributed by atoms with Gasteiger partial charge >= 0.3 is 0 Å². The zero-order valence-corrected chi connectivity index (χ0v) is 22.1. The number of carbonyl (C=O) groups is 1. The van der Waals surface area contributed by atoms with Gasteiger partial charge in [0.15, 0.2) is 23.1 Å². The SMILES string of the molecule is CCOCCOc1c2n(ccc1=O)N([C@@H]1c3ccccc3SCc3c1ccc(F)c3F)[C@@H]1COCCN1C2=O. The molecule has 4 heterocycles. The van der Waals surface area contributed by atoms with Crippen LogP contribution in [-0.4, -0.2) is 61.2 Å². The number of thioether (sulfide) groups is 1. The fourth-order valence-corrected chi connectivity index (χ4v) is 6.57. The van der Waals surface area contributed by atoms with Crippen molar-refractivity contribution in [2.75, 3.05) is 44.6 Å². The number of halogens is 2. The highest BCUT2D eigenvalue weighted by molar-refractivity contribution is 7.98. The molecule has 0 saturated carbocycles. The Hall–Kier alpha value is -3.41. The van der Waals surface area contributed by atoms with Crippen molar-refractivity contribution in [3.05, 3.63) is 92.9 Å². The fraction of sp³-hybridized carbons (Fsp3) is 0.357. The average molecular weight is 556 g/mol. The lowest BCUT2D eigenvalue weighted by Gasteiger charge is -2.51. The van der Waals surface area contributed by atoms with Crippen LogP contribution in [0.1, 0.15) is 40.1 Å². The highest BCUT2D eigenvalue weighted by Gasteiger charge is 2.46. The molecule has 1 fully saturated rings. The van der Waals surface area contributed by atoms with Crippen LogP contribution in [0.15, 0.2) is 58.4 Å². The first-order chi connectivity index (χ1) is 19.0. The number of pyridine rings is 1. The molecule has 39 heavy (non-hydrogen) atoms. The van der Waals surface area contributed by atoms with Crippen molar-refractivity contribution < 1.29 is 27.8 Å². The lowest BCUT2D eigenvalue weighted by atomic mass is 9.93. The van der Waals surface area contributed by atoms with Gasteiger partial charge in [-0.3, -0.25) is 19.3 Å². The van der Waals surface area contributed by atoms with E-state index < -0.39 is 29.3 Å². The van der Waals surface area contributed by atoms with E-state index in [1.54, 1.807) is 15.6 Å². The van der Waals surface area contributed by atoms with E-state index >= 15 is 4.39 Å². The minimum atomic E-state index is -0.912.